The Balaban J connectivity index is 2.23. The van der Waals surface area contributed by atoms with Gasteiger partial charge in [-0.05, 0) is 25.5 Å². The van der Waals surface area contributed by atoms with Gasteiger partial charge in [-0.2, -0.15) is 0 Å². The molecule has 0 bridgehead atoms. The summed E-state index contributed by atoms with van der Waals surface area (Å²) in [5, 5.41) is 11.5. The van der Waals surface area contributed by atoms with Crippen molar-refractivity contribution >= 4 is 33.9 Å². The van der Waals surface area contributed by atoms with Crippen molar-refractivity contribution in [2.24, 2.45) is 0 Å². The number of thiazole rings is 1. The normalized spacial score (nSPS) is 12.0. The summed E-state index contributed by atoms with van der Waals surface area (Å²) in [4.78, 5) is 17.0. The molecule has 4 nitrogen and oxygen atoms in total. The molecule has 21 heavy (non-hydrogen) atoms. The van der Waals surface area contributed by atoms with Gasteiger partial charge in [-0.3, -0.25) is 4.40 Å². The van der Waals surface area contributed by atoms with Crippen molar-refractivity contribution in [1.82, 2.24) is 9.38 Å². The number of aliphatic carboxylic acids is 1. The first kappa shape index (κ1) is 13.6. The molecule has 2 aromatic heterocycles. The summed E-state index contributed by atoms with van der Waals surface area (Å²) in [6, 6.07) is 9.14. The van der Waals surface area contributed by atoms with E-state index in [-0.39, 0.29) is 5.57 Å². The van der Waals surface area contributed by atoms with Gasteiger partial charge < -0.3 is 5.11 Å². The molecule has 0 amide bonds. The van der Waals surface area contributed by atoms with E-state index in [2.05, 4.69) is 4.98 Å². The van der Waals surface area contributed by atoms with E-state index in [0.29, 0.717) is 5.56 Å². The SMILES string of the molecule is Cc1nc2scc(C)n2c1/C=C(\C(=O)O)c1ccccc1. The van der Waals surface area contributed by atoms with E-state index in [9.17, 15) is 9.90 Å². The topological polar surface area (TPSA) is 54.6 Å². The molecule has 0 radical (unpaired) electrons. The maximum atomic E-state index is 11.6. The number of benzene rings is 1. The summed E-state index contributed by atoms with van der Waals surface area (Å²) < 4.78 is 1.99. The average molecular weight is 298 g/mol. The third-order valence-electron chi connectivity index (χ3n) is 3.35. The van der Waals surface area contributed by atoms with Crippen LogP contribution in [-0.2, 0) is 4.79 Å². The van der Waals surface area contributed by atoms with Gasteiger partial charge in [0.1, 0.15) is 0 Å². The molecule has 0 spiro atoms. The first-order valence-electron chi connectivity index (χ1n) is 6.51. The molecule has 2 heterocycles. The van der Waals surface area contributed by atoms with E-state index in [4.69, 9.17) is 0 Å². The van der Waals surface area contributed by atoms with Crippen LogP contribution in [-0.4, -0.2) is 20.5 Å². The number of hydrogen-bond donors (Lipinski definition) is 1. The third-order valence-corrected chi connectivity index (χ3v) is 4.29. The maximum absolute atomic E-state index is 11.6. The Hall–Kier alpha value is -2.40. The standard InChI is InChI=1S/C16H14N2O2S/c1-10-9-21-16-17-11(2)14(18(10)16)8-13(15(19)20)12-6-4-3-5-7-12/h3-9H,1-2H3,(H,19,20)/b13-8-. The van der Waals surface area contributed by atoms with Gasteiger partial charge in [0.2, 0.25) is 0 Å². The summed E-state index contributed by atoms with van der Waals surface area (Å²) in [6.07, 6.45) is 1.70. The number of hydrogen-bond acceptors (Lipinski definition) is 3. The number of imidazole rings is 1. The molecule has 0 unspecified atom stereocenters. The van der Waals surface area contributed by atoms with Crippen molar-refractivity contribution in [1.29, 1.82) is 0 Å². The minimum absolute atomic E-state index is 0.270. The molecule has 0 aliphatic rings. The fourth-order valence-corrected chi connectivity index (χ4v) is 3.24. The highest BCUT2D eigenvalue weighted by atomic mass is 32.1. The van der Waals surface area contributed by atoms with Gasteiger partial charge in [-0.1, -0.05) is 30.3 Å². The Bertz CT molecular complexity index is 844. The van der Waals surface area contributed by atoms with Crippen LogP contribution in [0.2, 0.25) is 0 Å². The van der Waals surface area contributed by atoms with Crippen molar-refractivity contribution in [3.05, 3.63) is 58.4 Å². The van der Waals surface area contributed by atoms with Gasteiger partial charge in [0.25, 0.3) is 0 Å². The molecule has 0 saturated heterocycles. The summed E-state index contributed by atoms with van der Waals surface area (Å²) >= 11 is 1.56. The molecule has 0 saturated carbocycles. The van der Waals surface area contributed by atoms with Crippen LogP contribution in [0.15, 0.2) is 35.7 Å². The Morgan fingerprint density at radius 1 is 1.29 bits per heavy atom. The van der Waals surface area contributed by atoms with Gasteiger partial charge in [0.05, 0.1) is 17.0 Å². The zero-order valence-electron chi connectivity index (χ0n) is 11.7. The summed E-state index contributed by atoms with van der Waals surface area (Å²) in [5.74, 6) is -0.941. The summed E-state index contributed by atoms with van der Waals surface area (Å²) in [5.41, 5.74) is 3.67. The van der Waals surface area contributed by atoms with E-state index in [1.165, 1.54) is 0 Å². The maximum Gasteiger partial charge on any atom is 0.336 e. The van der Waals surface area contributed by atoms with E-state index >= 15 is 0 Å². The van der Waals surface area contributed by atoms with Crippen LogP contribution in [0.3, 0.4) is 0 Å². The third kappa shape index (κ3) is 2.36. The highest BCUT2D eigenvalue weighted by Gasteiger charge is 2.15. The van der Waals surface area contributed by atoms with E-state index in [1.54, 1.807) is 29.5 Å². The molecule has 3 aromatic rings. The fourth-order valence-electron chi connectivity index (χ4n) is 2.32. The smallest absolute Gasteiger partial charge is 0.336 e. The Morgan fingerprint density at radius 2 is 2.00 bits per heavy atom. The molecule has 0 atom stereocenters. The molecule has 0 aliphatic carbocycles. The van der Waals surface area contributed by atoms with Crippen LogP contribution in [0.4, 0.5) is 0 Å². The predicted octanol–water partition coefficient (Wildman–Crippen LogP) is 3.64. The fraction of sp³-hybridized carbons (Fsp3) is 0.125. The molecule has 3 rings (SSSR count). The Labute approximate surface area is 126 Å². The number of rotatable bonds is 3. The number of fused-ring (bicyclic) bond motifs is 1. The van der Waals surface area contributed by atoms with E-state index < -0.39 is 5.97 Å². The minimum atomic E-state index is -0.941. The lowest BCUT2D eigenvalue weighted by molar-refractivity contribution is -0.130. The molecule has 1 N–H and O–H groups in total. The van der Waals surface area contributed by atoms with Crippen molar-refractivity contribution in [2.45, 2.75) is 13.8 Å². The largest absolute Gasteiger partial charge is 0.478 e. The number of carboxylic acid groups (broad SMARTS) is 1. The second-order valence-corrected chi connectivity index (χ2v) is 5.64. The number of nitrogens with zero attached hydrogens (tertiary/aromatic N) is 2. The van der Waals surface area contributed by atoms with Crippen molar-refractivity contribution in [3.63, 3.8) is 0 Å². The first-order chi connectivity index (χ1) is 10.1. The quantitative estimate of drug-likeness (QED) is 0.751. The molecule has 106 valence electrons. The van der Waals surface area contributed by atoms with Crippen LogP contribution in [0, 0.1) is 13.8 Å². The molecule has 1 aromatic carbocycles. The molecular weight excluding hydrogens is 284 g/mol. The number of carbonyl (C=O) groups is 1. The molecule has 5 heteroatoms. The van der Waals surface area contributed by atoms with Gasteiger partial charge in [-0.15, -0.1) is 11.3 Å². The number of aromatic nitrogens is 2. The predicted molar refractivity (Wildman–Crippen MR) is 84.5 cm³/mol. The molecule has 0 fully saturated rings. The Kier molecular flexibility index (Phi) is 3.35. The van der Waals surface area contributed by atoms with E-state index in [1.807, 2.05) is 41.8 Å². The lowest BCUT2D eigenvalue weighted by Gasteiger charge is -2.04. The lowest BCUT2D eigenvalue weighted by Crippen LogP contribution is -2.01. The second-order valence-electron chi connectivity index (χ2n) is 4.81. The van der Waals surface area contributed by atoms with Crippen LogP contribution >= 0.6 is 11.3 Å². The summed E-state index contributed by atoms with van der Waals surface area (Å²) in [6.45, 7) is 3.89. The molecule has 0 aliphatic heterocycles. The van der Waals surface area contributed by atoms with Crippen molar-refractivity contribution < 1.29 is 9.90 Å². The van der Waals surface area contributed by atoms with Gasteiger partial charge >= 0.3 is 5.97 Å². The first-order valence-corrected chi connectivity index (χ1v) is 7.39. The monoisotopic (exact) mass is 298 g/mol. The van der Waals surface area contributed by atoms with Crippen molar-refractivity contribution in [2.75, 3.05) is 0 Å². The average Bonchev–Trinajstić information content (AvgIpc) is 2.97. The highest BCUT2D eigenvalue weighted by Crippen LogP contribution is 2.25. The summed E-state index contributed by atoms with van der Waals surface area (Å²) in [7, 11) is 0. The molecular formula is C16H14N2O2S. The number of carboxylic acids is 1. The van der Waals surface area contributed by atoms with E-state index in [0.717, 1.165) is 22.0 Å². The lowest BCUT2D eigenvalue weighted by atomic mass is 10.0. The second kappa shape index (κ2) is 5.18. The van der Waals surface area contributed by atoms with Gasteiger partial charge in [0.15, 0.2) is 4.96 Å². The van der Waals surface area contributed by atoms with Crippen LogP contribution in [0.1, 0.15) is 22.6 Å². The highest BCUT2D eigenvalue weighted by molar-refractivity contribution is 7.15. The number of aryl methyl sites for hydroxylation is 2. The van der Waals surface area contributed by atoms with Crippen molar-refractivity contribution in [3.8, 4) is 0 Å². The van der Waals surface area contributed by atoms with Gasteiger partial charge in [0, 0.05) is 11.1 Å². The Morgan fingerprint density at radius 3 is 2.67 bits per heavy atom. The van der Waals surface area contributed by atoms with Gasteiger partial charge in [-0.25, -0.2) is 9.78 Å². The van der Waals surface area contributed by atoms with Crippen LogP contribution in [0.25, 0.3) is 16.6 Å². The van der Waals surface area contributed by atoms with Crippen LogP contribution < -0.4 is 0 Å². The minimum Gasteiger partial charge on any atom is -0.478 e. The van der Waals surface area contributed by atoms with Crippen LogP contribution in [0.5, 0.6) is 0 Å². The zero-order chi connectivity index (χ0) is 15.0. The zero-order valence-corrected chi connectivity index (χ0v) is 12.5.